The smallest absolute Gasteiger partial charge is 0.271 e. The van der Waals surface area contributed by atoms with Gasteiger partial charge in [-0.2, -0.15) is 0 Å². The highest BCUT2D eigenvalue weighted by molar-refractivity contribution is 5.61. The molecule has 0 aliphatic rings. The SMILES string of the molecule is CCn1ccnc1CNc1cc([N+](=O)[O-])ccc1OC. The van der Waals surface area contributed by atoms with E-state index in [2.05, 4.69) is 10.3 Å². The van der Waals surface area contributed by atoms with E-state index in [1.165, 1.54) is 19.2 Å². The van der Waals surface area contributed by atoms with E-state index in [1.807, 2.05) is 17.7 Å². The summed E-state index contributed by atoms with van der Waals surface area (Å²) in [5.41, 5.74) is 0.597. The molecule has 7 nitrogen and oxygen atoms in total. The van der Waals surface area contributed by atoms with Crippen molar-refractivity contribution in [3.8, 4) is 5.75 Å². The van der Waals surface area contributed by atoms with Crippen molar-refractivity contribution in [2.75, 3.05) is 12.4 Å². The summed E-state index contributed by atoms with van der Waals surface area (Å²) in [5.74, 6) is 1.42. The van der Waals surface area contributed by atoms with Crippen LogP contribution in [-0.2, 0) is 13.1 Å². The largest absolute Gasteiger partial charge is 0.495 e. The van der Waals surface area contributed by atoms with E-state index in [9.17, 15) is 10.1 Å². The van der Waals surface area contributed by atoms with Crippen LogP contribution in [0.15, 0.2) is 30.6 Å². The number of hydrogen-bond donors (Lipinski definition) is 1. The average Bonchev–Trinajstić information content (AvgIpc) is 2.92. The first-order chi connectivity index (χ1) is 9.65. The summed E-state index contributed by atoms with van der Waals surface area (Å²) in [4.78, 5) is 14.6. The van der Waals surface area contributed by atoms with Gasteiger partial charge in [-0.15, -0.1) is 0 Å². The monoisotopic (exact) mass is 276 g/mol. The number of methoxy groups -OCH3 is 1. The molecule has 0 radical (unpaired) electrons. The van der Waals surface area contributed by atoms with Gasteiger partial charge >= 0.3 is 0 Å². The molecule has 0 saturated carbocycles. The molecule has 0 bridgehead atoms. The summed E-state index contributed by atoms with van der Waals surface area (Å²) in [6, 6.07) is 4.45. The topological polar surface area (TPSA) is 82.2 Å². The van der Waals surface area contributed by atoms with E-state index >= 15 is 0 Å². The number of non-ortho nitro benzene ring substituents is 1. The highest BCUT2D eigenvalue weighted by Gasteiger charge is 2.11. The van der Waals surface area contributed by atoms with Crippen LogP contribution in [0.4, 0.5) is 11.4 Å². The lowest BCUT2D eigenvalue weighted by Gasteiger charge is -2.11. The molecule has 0 aliphatic heterocycles. The van der Waals surface area contributed by atoms with E-state index < -0.39 is 4.92 Å². The molecule has 1 aromatic carbocycles. The molecule has 1 heterocycles. The molecular weight excluding hydrogens is 260 g/mol. The van der Waals surface area contributed by atoms with Crippen molar-refractivity contribution in [2.24, 2.45) is 0 Å². The number of nitro benzene ring substituents is 1. The van der Waals surface area contributed by atoms with Gasteiger partial charge in [0.1, 0.15) is 11.6 Å². The molecule has 0 fully saturated rings. The number of hydrogen-bond acceptors (Lipinski definition) is 5. The average molecular weight is 276 g/mol. The van der Waals surface area contributed by atoms with Crippen LogP contribution >= 0.6 is 0 Å². The number of aromatic nitrogens is 2. The predicted octanol–water partition coefficient (Wildman–Crippen LogP) is 2.43. The number of aryl methyl sites for hydroxylation is 1. The Hall–Kier alpha value is -2.57. The van der Waals surface area contributed by atoms with Gasteiger partial charge < -0.3 is 14.6 Å². The second kappa shape index (κ2) is 6.05. The molecule has 0 unspecified atom stereocenters. The number of ether oxygens (including phenoxy) is 1. The number of nitro groups is 1. The molecular formula is C13H16N4O3. The Kier molecular flexibility index (Phi) is 4.19. The van der Waals surface area contributed by atoms with Crippen LogP contribution in [0.1, 0.15) is 12.7 Å². The van der Waals surface area contributed by atoms with Gasteiger partial charge in [-0.3, -0.25) is 10.1 Å². The second-order valence-electron chi connectivity index (χ2n) is 4.12. The Bertz CT molecular complexity index is 609. The van der Waals surface area contributed by atoms with E-state index in [-0.39, 0.29) is 5.69 Å². The van der Waals surface area contributed by atoms with Gasteiger partial charge in [-0.05, 0) is 13.0 Å². The van der Waals surface area contributed by atoms with E-state index in [4.69, 9.17) is 4.74 Å². The lowest BCUT2D eigenvalue weighted by molar-refractivity contribution is -0.384. The minimum atomic E-state index is -0.433. The zero-order valence-corrected chi connectivity index (χ0v) is 11.4. The van der Waals surface area contributed by atoms with Crippen LogP contribution in [0.5, 0.6) is 5.75 Å². The molecule has 0 atom stereocenters. The molecule has 20 heavy (non-hydrogen) atoms. The summed E-state index contributed by atoms with van der Waals surface area (Å²) >= 11 is 0. The summed E-state index contributed by atoms with van der Waals surface area (Å²) in [6.45, 7) is 3.32. The third-order valence-corrected chi connectivity index (χ3v) is 2.97. The molecule has 7 heteroatoms. The fourth-order valence-corrected chi connectivity index (χ4v) is 1.92. The van der Waals surface area contributed by atoms with Crippen LogP contribution in [0, 0.1) is 10.1 Å². The Morgan fingerprint density at radius 1 is 1.50 bits per heavy atom. The fourth-order valence-electron chi connectivity index (χ4n) is 1.92. The van der Waals surface area contributed by atoms with Crippen molar-refractivity contribution >= 4 is 11.4 Å². The van der Waals surface area contributed by atoms with Crippen LogP contribution in [0.3, 0.4) is 0 Å². The van der Waals surface area contributed by atoms with Gasteiger partial charge in [0.05, 0.1) is 24.3 Å². The van der Waals surface area contributed by atoms with Gasteiger partial charge in [-0.25, -0.2) is 4.98 Å². The van der Waals surface area contributed by atoms with E-state index in [0.717, 1.165) is 12.4 Å². The van der Waals surface area contributed by atoms with Crippen LogP contribution in [0.2, 0.25) is 0 Å². The van der Waals surface area contributed by atoms with E-state index in [0.29, 0.717) is 18.0 Å². The first-order valence-electron chi connectivity index (χ1n) is 6.22. The zero-order chi connectivity index (χ0) is 14.5. The highest BCUT2D eigenvalue weighted by atomic mass is 16.6. The van der Waals surface area contributed by atoms with Crippen molar-refractivity contribution < 1.29 is 9.66 Å². The summed E-state index contributed by atoms with van der Waals surface area (Å²) in [6.07, 6.45) is 3.62. The van der Waals surface area contributed by atoms with Gasteiger partial charge in [0.2, 0.25) is 0 Å². The van der Waals surface area contributed by atoms with E-state index in [1.54, 1.807) is 12.3 Å². The zero-order valence-electron chi connectivity index (χ0n) is 11.4. The Morgan fingerprint density at radius 3 is 2.95 bits per heavy atom. The third kappa shape index (κ3) is 2.87. The van der Waals surface area contributed by atoms with Gasteiger partial charge in [0.15, 0.2) is 0 Å². The quantitative estimate of drug-likeness (QED) is 0.647. The maximum atomic E-state index is 10.8. The number of anilines is 1. The van der Waals surface area contributed by atoms with Crippen molar-refractivity contribution in [3.05, 3.63) is 46.5 Å². The normalized spacial score (nSPS) is 10.3. The van der Waals surface area contributed by atoms with Crippen molar-refractivity contribution in [1.82, 2.24) is 9.55 Å². The number of nitrogens with one attached hydrogen (secondary N) is 1. The minimum absolute atomic E-state index is 0.0205. The van der Waals surface area contributed by atoms with Gasteiger partial charge in [0, 0.05) is 31.1 Å². The Morgan fingerprint density at radius 2 is 2.30 bits per heavy atom. The molecule has 1 aromatic heterocycles. The second-order valence-corrected chi connectivity index (χ2v) is 4.12. The first-order valence-corrected chi connectivity index (χ1v) is 6.22. The number of imidazole rings is 1. The summed E-state index contributed by atoms with van der Waals surface area (Å²) < 4.78 is 7.19. The maximum absolute atomic E-state index is 10.8. The number of nitrogens with zero attached hydrogens (tertiary/aromatic N) is 3. The number of rotatable bonds is 6. The third-order valence-electron chi connectivity index (χ3n) is 2.97. The van der Waals surface area contributed by atoms with Gasteiger partial charge in [0.25, 0.3) is 5.69 Å². The molecule has 0 saturated heterocycles. The van der Waals surface area contributed by atoms with Gasteiger partial charge in [-0.1, -0.05) is 0 Å². The predicted molar refractivity (Wildman–Crippen MR) is 74.9 cm³/mol. The summed E-state index contributed by atoms with van der Waals surface area (Å²) in [7, 11) is 1.53. The lowest BCUT2D eigenvalue weighted by Crippen LogP contribution is -2.08. The standard InChI is InChI=1S/C13H16N4O3/c1-3-16-7-6-14-13(16)9-15-11-8-10(17(18)19)4-5-12(11)20-2/h4-8,15H,3,9H2,1-2H3. The van der Waals surface area contributed by atoms with Crippen molar-refractivity contribution in [3.63, 3.8) is 0 Å². The van der Waals surface area contributed by atoms with Crippen molar-refractivity contribution in [1.29, 1.82) is 0 Å². The van der Waals surface area contributed by atoms with Crippen LogP contribution in [0.25, 0.3) is 0 Å². The molecule has 0 aliphatic carbocycles. The molecule has 0 amide bonds. The molecule has 2 rings (SSSR count). The maximum Gasteiger partial charge on any atom is 0.271 e. The Balaban J connectivity index is 2.19. The number of benzene rings is 1. The molecule has 1 N–H and O–H groups in total. The van der Waals surface area contributed by atoms with Crippen molar-refractivity contribution in [2.45, 2.75) is 20.0 Å². The van der Waals surface area contributed by atoms with Crippen LogP contribution < -0.4 is 10.1 Å². The van der Waals surface area contributed by atoms with Crippen LogP contribution in [-0.4, -0.2) is 21.6 Å². The lowest BCUT2D eigenvalue weighted by atomic mass is 10.2. The first kappa shape index (κ1) is 13.9. The molecule has 106 valence electrons. The Labute approximate surface area is 116 Å². The highest BCUT2D eigenvalue weighted by Crippen LogP contribution is 2.29. The molecule has 2 aromatic rings. The fraction of sp³-hybridized carbons (Fsp3) is 0.308. The minimum Gasteiger partial charge on any atom is -0.495 e. The molecule has 0 spiro atoms. The summed E-state index contributed by atoms with van der Waals surface area (Å²) in [5, 5.41) is 13.9.